The molecule has 0 spiro atoms. The lowest BCUT2D eigenvalue weighted by atomic mass is 10.1. The molecule has 0 radical (unpaired) electrons. The van der Waals surface area contributed by atoms with Gasteiger partial charge in [-0.3, -0.25) is 9.78 Å². The molecule has 0 aliphatic heterocycles. The molecule has 2 rings (SSSR count). The molecule has 1 amide bonds. The molecule has 0 aliphatic carbocycles. The van der Waals surface area contributed by atoms with Crippen LogP contribution in [0.4, 0.5) is 5.69 Å². The first-order valence-corrected chi connectivity index (χ1v) is 7.33. The first kappa shape index (κ1) is 15.7. The number of hydrogen-bond acceptors (Lipinski definition) is 3. The first-order valence-electron chi connectivity index (χ1n) is 6.95. The van der Waals surface area contributed by atoms with Gasteiger partial charge in [0.15, 0.2) is 0 Å². The van der Waals surface area contributed by atoms with E-state index in [0.29, 0.717) is 23.5 Å². The molecule has 0 fully saturated rings. The first-order chi connectivity index (χ1) is 9.87. The Morgan fingerprint density at radius 3 is 2.76 bits per heavy atom. The molecule has 1 heterocycles. The van der Waals surface area contributed by atoms with Gasteiger partial charge in [-0.2, -0.15) is 0 Å². The summed E-state index contributed by atoms with van der Waals surface area (Å²) in [5.41, 5.74) is 1.45. The lowest BCUT2D eigenvalue weighted by molar-refractivity contribution is -0.116. The fourth-order valence-corrected chi connectivity index (χ4v) is 2.22. The highest BCUT2D eigenvalue weighted by molar-refractivity contribution is 6.35. The SMILES string of the molecule is CC(C)(C)NCCC(=O)Nc1ccc(Cl)c2ncccc12. The lowest BCUT2D eigenvalue weighted by Gasteiger charge is -2.20. The summed E-state index contributed by atoms with van der Waals surface area (Å²) in [5, 5.41) is 7.64. The highest BCUT2D eigenvalue weighted by Gasteiger charge is 2.11. The Morgan fingerprint density at radius 2 is 2.05 bits per heavy atom. The number of nitrogens with zero attached hydrogens (tertiary/aromatic N) is 1. The van der Waals surface area contributed by atoms with E-state index in [-0.39, 0.29) is 11.4 Å². The van der Waals surface area contributed by atoms with E-state index in [2.05, 4.69) is 36.4 Å². The molecule has 1 aromatic heterocycles. The molecule has 0 aliphatic rings. The van der Waals surface area contributed by atoms with Crippen molar-refractivity contribution >= 4 is 34.1 Å². The van der Waals surface area contributed by atoms with Crippen molar-refractivity contribution in [2.45, 2.75) is 32.7 Å². The summed E-state index contributed by atoms with van der Waals surface area (Å²) in [6, 6.07) is 7.29. The van der Waals surface area contributed by atoms with Crippen molar-refractivity contribution in [1.29, 1.82) is 0 Å². The van der Waals surface area contributed by atoms with Crippen LogP contribution < -0.4 is 10.6 Å². The number of carbonyl (C=O) groups is 1. The van der Waals surface area contributed by atoms with Crippen LogP contribution in [0, 0.1) is 0 Å². The Kier molecular flexibility index (Phi) is 4.80. The molecular weight excluding hydrogens is 286 g/mol. The van der Waals surface area contributed by atoms with Crippen molar-refractivity contribution in [3.8, 4) is 0 Å². The second kappa shape index (κ2) is 6.41. The van der Waals surface area contributed by atoms with E-state index >= 15 is 0 Å². The number of benzene rings is 1. The van der Waals surface area contributed by atoms with Crippen molar-refractivity contribution in [3.05, 3.63) is 35.5 Å². The standard InChI is InChI=1S/C16H20ClN3O/c1-16(2,3)19-10-8-14(21)20-13-7-6-12(17)15-11(13)5-4-9-18-15/h4-7,9,19H,8,10H2,1-3H3,(H,20,21). The number of nitrogens with one attached hydrogen (secondary N) is 2. The summed E-state index contributed by atoms with van der Waals surface area (Å²) in [4.78, 5) is 16.3. The van der Waals surface area contributed by atoms with Crippen LogP contribution in [-0.4, -0.2) is 23.0 Å². The van der Waals surface area contributed by atoms with E-state index in [4.69, 9.17) is 11.6 Å². The Bertz CT molecular complexity index is 650. The zero-order chi connectivity index (χ0) is 15.5. The van der Waals surface area contributed by atoms with Crippen molar-refractivity contribution in [2.75, 3.05) is 11.9 Å². The number of amides is 1. The van der Waals surface area contributed by atoms with Crippen LogP contribution in [0.25, 0.3) is 10.9 Å². The molecule has 0 unspecified atom stereocenters. The van der Waals surface area contributed by atoms with E-state index in [1.54, 1.807) is 18.3 Å². The van der Waals surface area contributed by atoms with E-state index in [0.717, 1.165) is 11.1 Å². The number of hydrogen-bond donors (Lipinski definition) is 2. The summed E-state index contributed by atoms with van der Waals surface area (Å²) >= 11 is 6.11. The van der Waals surface area contributed by atoms with Gasteiger partial charge < -0.3 is 10.6 Å². The molecule has 2 aromatic rings. The maximum absolute atomic E-state index is 12.0. The minimum atomic E-state index is -0.0285. The van der Waals surface area contributed by atoms with Gasteiger partial charge in [0.1, 0.15) is 0 Å². The zero-order valence-electron chi connectivity index (χ0n) is 12.5. The second-order valence-corrected chi connectivity index (χ2v) is 6.38. The normalized spacial score (nSPS) is 11.6. The van der Waals surface area contributed by atoms with E-state index in [1.807, 2.05) is 12.1 Å². The second-order valence-electron chi connectivity index (χ2n) is 5.97. The fourth-order valence-electron chi connectivity index (χ4n) is 2.01. The number of anilines is 1. The largest absolute Gasteiger partial charge is 0.325 e. The van der Waals surface area contributed by atoms with Crippen molar-refractivity contribution in [2.24, 2.45) is 0 Å². The van der Waals surface area contributed by atoms with Gasteiger partial charge in [0.25, 0.3) is 0 Å². The molecule has 0 atom stereocenters. The Balaban J connectivity index is 2.06. The van der Waals surface area contributed by atoms with Crippen molar-refractivity contribution < 1.29 is 4.79 Å². The Labute approximate surface area is 129 Å². The molecule has 112 valence electrons. The predicted molar refractivity (Wildman–Crippen MR) is 87.8 cm³/mol. The molecule has 0 saturated heterocycles. The predicted octanol–water partition coefficient (Wildman–Crippen LogP) is 3.60. The lowest BCUT2D eigenvalue weighted by Crippen LogP contribution is -2.37. The third kappa shape index (κ3) is 4.41. The van der Waals surface area contributed by atoms with E-state index < -0.39 is 0 Å². The van der Waals surface area contributed by atoms with Crippen molar-refractivity contribution in [1.82, 2.24) is 10.3 Å². The topological polar surface area (TPSA) is 54.0 Å². The smallest absolute Gasteiger partial charge is 0.225 e. The average molecular weight is 306 g/mol. The summed E-state index contributed by atoms with van der Waals surface area (Å²) in [7, 11) is 0. The highest BCUT2D eigenvalue weighted by Crippen LogP contribution is 2.27. The molecule has 21 heavy (non-hydrogen) atoms. The average Bonchev–Trinajstić information content (AvgIpc) is 2.41. The fraction of sp³-hybridized carbons (Fsp3) is 0.375. The van der Waals surface area contributed by atoms with Crippen LogP contribution >= 0.6 is 11.6 Å². The molecular formula is C16H20ClN3O. The highest BCUT2D eigenvalue weighted by atomic mass is 35.5. The quantitative estimate of drug-likeness (QED) is 0.907. The maximum Gasteiger partial charge on any atom is 0.225 e. The third-order valence-corrected chi connectivity index (χ3v) is 3.31. The third-order valence-electron chi connectivity index (χ3n) is 3.00. The number of fused-ring (bicyclic) bond motifs is 1. The van der Waals surface area contributed by atoms with Gasteiger partial charge in [-0.25, -0.2) is 0 Å². The Hall–Kier alpha value is -1.65. The van der Waals surface area contributed by atoms with Gasteiger partial charge >= 0.3 is 0 Å². The summed E-state index contributed by atoms with van der Waals surface area (Å²) in [6.45, 7) is 6.86. The van der Waals surface area contributed by atoms with Gasteiger partial charge in [0, 0.05) is 30.1 Å². The number of rotatable bonds is 4. The van der Waals surface area contributed by atoms with Crippen LogP contribution in [0.15, 0.2) is 30.5 Å². The number of carbonyl (C=O) groups excluding carboxylic acids is 1. The Morgan fingerprint density at radius 1 is 1.29 bits per heavy atom. The van der Waals surface area contributed by atoms with Gasteiger partial charge in [-0.15, -0.1) is 0 Å². The zero-order valence-corrected chi connectivity index (χ0v) is 13.3. The number of halogens is 1. The molecule has 4 nitrogen and oxygen atoms in total. The van der Waals surface area contributed by atoms with Crippen LogP contribution in [0.1, 0.15) is 27.2 Å². The number of aromatic nitrogens is 1. The summed E-state index contributed by atoms with van der Waals surface area (Å²) in [5.74, 6) is -0.0285. The number of pyridine rings is 1. The van der Waals surface area contributed by atoms with Crippen LogP contribution in [-0.2, 0) is 4.79 Å². The van der Waals surface area contributed by atoms with Gasteiger partial charge in [-0.1, -0.05) is 11.6 Å². The molecule has 0 saturated carbocycles. The van der Waals surface area contributed by atoms with E-state index in [1.165, 1.54) is 0 Å². The molecule has 0 bridgehead atoms. The van der Waals surface area contributed by atoms with Crippen LogP contribution in [0.5, 0.6) is 0 Å². The summed E-state index contributed by atoms with van der Waals surface area (Å²) in [6.07, 6.45) is 2.11. The van der Waals surface area contributed by atoms with Gasteiger partial charge in [-0.05, 0) is 45.0 Å². The monoisotopic (exact) mass is 305 g/mol. The molecule has 1 aromatic carbocycles. The molecule has 5 heteroatoms. The summed E-state index contributed by atoms with van der Waals surface area (Å²) < 4.78 is 0. The minimum Gasteiger partial charge on any atom is -0.325 e. The van der Waals surface area contributed by atoms with Gasteiger partial charge in [0.2, 0.25) is 5.91 Å². The van der Waals surface area contributed by atoms with Crippen molar-refractivity contribution in [3.63, 3.8) is 0 Å². The van der Waals surface area contributed by atoms with Gasteiger partial charge in [0.05, 0.1) is 16.2 Å². The minimum absolute atomic E-state index is 0.0111. The molecule has 2 N–H and O–H groups in total. The maximum atomic E-state index is 12.0. The van der Waals surface area contributed by atoms with Crippen LogP contribution in [0.3, 0.4) is 0 Å². The van der Waals surface area contributed by atoms with E-state index in [9.17, 15) is 4.79 Å². The van der Waals surface area contributed by atoms with Crippen LogP contribution in [0.2, 0.25) is 5.02 Å².